The maximum absolute atomic E-state index is 13.2. The van der Waals surface area contributed by atoms with E-state index in [0.29, 0.717) is 55.5 Å². The Balaban J connectivity index is 1.51. The summed E-state index contributed by atoms with van der Waals surface area (Å²) in [4.78, 5) is 20.3. The molecule has 0 N–H and O–H groups in total. The standard InChI is InChI=1S/C20H23ClN4O3S/c1-15-14-16(25-9-3-5-19(25)26)6-7-18(15)29(27,28)24-12-10-23(11-13-24)20-17(21)4-2-8-22-20/h2,4,6-8,14H,3,5,9-13H2,1H3. The Bertz CT molecular complexity index is 1040. The molecule has 29 heavy (non-hydrogen) atoms. The summed E-state index contributed by atoms with van der Waals surface area (Å²) in [5.41, 5.74) is 1.41. The van der Waals surface area contributed by atoms with Crippen LogP contribution in [0.5, 0.6) is 0 Å². The molecule has 1 aromatic heterocycles. The van der Waals surface area contributed by atoms with Gasteiger partial charge >= 0.3 is 0 Å². The summed E-state index contributed by atoms with van der Waals surface area (Å²) < 4.78 is 27.9. The van der Waals surface area contributed by atoms with E-state index in [1.165, 1.54) is 4.31 Å². The van der Waals surface area contributed by atoms with Crippen molar-refractivity contribution < 1.29 is 13.2 Å². The smallest absolute Gasteiger partial charge is 0.243 e. The fraction of sp³-hybridized carbons (Fsp3) is 0.400. The van der Waals surface area contributed by atoms with Gasteiger partial charge in [-0.25, -0.2) is 13.4 Å². The molecule has 154 valence electrons. The lowest BCUT2D eigenvalue weighted by molar-refractivity contribution is -0.117. The van der Waals surface area contributed by atoms with Crippen molar-refractivity contribution in [3.8, 4) is 0 Å². The predicted molar refractivity (Wildman–Crippen MR) is 113 cm³/mol. The molecule has 0 spiro atoms. The molecule has 0 bridgehead atoms. The van der Waals surface area contributed by atoms with Gasteiger partial charge in [-0.05, 0) is 49.2 Å². The fourth-order valence-corrected chi connectivity index (χ4v) is 5.77. The topological polar surface area (TPSA) is 73.8 Å². The van der Waals surface area contributed by atoms with Crippen molar-refractivity contribution in [1.29, 1.82) is 0 Å². The molecule has 7 nitrogen and oxygen atoms in total. The number of anilines is 2. The molecular weight excluding hydrogens is 412 g/mol. The number of pyridine rings is 1. The quantitative estimate of drug-likeness (QED) is 0.739. The minimum atomic E-state index is -3.61. The number of nitrogens with zero attached hydrogens (tertiary/aromatic N) is 4. The van der Waals surface area contributed by atoms with Gasteiger partial charge in [0.1, 0.15) is 5.82 Å². The van der Waals surface area contributed by atoms with Gasteiger partial charge in [0.05, 0.1) is 9.92 Å². The highest BCUT2D eigenvalue weighted by Gasteiger charge is 2.31. The van der Waals surface area contributed by atoms with E-state index in [2.05, 4.69) is 4.98 Å². The molecule has 0 aliphatic carbocycles. The minimum Gasteiger partial charge on any atom is -0.353 e. The van der Waals surface area contributed by atoms with Gasteiger partial charge in [0.2, 0.25) is 15.9 Å². The van der Waals surface area contributed by atoms with E-state index in [1.54, 1.807) is 48.4 Å². The number of halogens is 1. The van der Waals surface area contributed by atoms with Crippen molar-refractivity contribution in [3.05, 3.63) is 47.1 Å². The Morgan fingerprint density at radius 1 is 1.07 bits per heavy atom. The van der Waals surface area contributed by atoms with Gasteiger partial charge < -0.3 is 9.80 Å². The second kappa shape index (κ2) is 7.93. The summed E-state index contributed by atoms with van der Waals surface area (Å²) >= 11 is 6.22. The minimum absolute atomic E-state index is 0.0873. The van der Waals surface area contributed by atoms with Gasteiger partial charge in [-0.1, -0.05) is 11.6 Å². The zero-order valence-electron chi connectivity index (χ0n) is 16.2. The Kier molecular flexibility index (Phi) is 5.50. The lowest BCUT2D eigenvalue weighted by atomic mass is 10.2. The average molecular weight is 435 g/mol. The van der Waals surface area contributed by atoms with Crippen molar-refractivity contribution >= 4 is 39.0 Å². The van der Waals surface area contributed by atoms with Gasteiger partial charge in [-0.15, -0.1) is 0 Å². The fourth-order valence-electron chi connectivity index (χ4n) is 3.90. The van der Waals surface area contributed by atoms with E-state index in [9.17, 15) is 13.2 Å². The highest BCUT2D eigenvalue weighted by atomic mass is 35.5. The molecule has 4 rings (SSSR count). The van der Waals surface area contributed by atoms with E-state index in [-0.39, 0.29) is 10.8 Å². The molecule has 2 fully saturated rings. The number of aryl methyl sites for hydroxylation is 1. The van der Waals surface area contributed by atoms with Gasteiger partial charge in [0.25, 0.3) is 0 Å². The van der Waals surface area contributed by atoms with Crippen LogP contribution in [0.25, 0.3) is 0 Å². The van der Waals surface area contributed by atoms with Crippen LogP contribution in [0.15, 0.2) is 41.4 Å². The summed E-state index contributed by atoms with van der Waals surface area (Å²) in [7, 11) is -3.61. The maximum atomic E-state index is 13.2. The number of hydrogen-bond acceptors (Lipinski definition) is 5. The zero-order chi connectivity index (χ0) is 20.6. The van der Waals surface area contributed by atoms with Crippen LogP contribution in [-0.4, -0.2) is 56.3 Å². The van der Waals surface area contributed by atoms with E-state index < -0.39 is 10.0 Å². The first-order chi connectivity index (χ1) is 13.9. The second-order valence-electron chi connectivity index (χ2n) is 7.30. The van der Waals surface area contributed by atoms with E-state index >= 15 is 0 Å². The third-order valence-electron chi connectivity index (χ3n) is 5.44. The molecule has 1 aromatic carbocycles. The third kappa shape index (κ3) is 3.84. The van der Waals surface area contributed by atoms with Crippen LogP contribution in [0.2, 0.25) is 5.02 Å². The first-order valence-electron chi connectivity index (χ1n) is 9.64. The number of amides is 1. The van der Waals surface area contributed by atoms with Gasteiger partial charge in [0.15, 0.2) is 0 Å². The first-order valence-corrected chi connectivity index (χ1v) is 11.5. The summed E-state index contributed by atoms with van der Waals surface area (Å²) in [6.45, 7) is 4.23. The normalized spacial score (nSPS) is 18.5. The van der Waals surface area contributed by atoms with Crippen molar-refractivity contribution in [3.63, 3.8) is 0 Å². The number of aromatic nitrogens is 1. The summed E-state index contributed by atoms with van der Waals surface area (Å²) in [5, 5.41) is 0.562. The Hall–Kier alpha value is -2.16. The second-order valence-corrected chi connectivity index (χ2v) is 9.61. The lowest BCUT2D eigenvalue weighted by Gasteiger charge is -2.35. The van der Waals surface area contributed by atoms with Crippen LogP contribution in [0.1, 0.15) is 18.4 Å². The van der Waals surface area contributed by atoms with Gasteiger partial charge in [-0.3, -0.25) is 4.79 Å². The van der Waals surface area contributed by atoms with Crippen molar-refractivity contribution in [2.75, 3.05) is 42.5 Å². The molecule has 1 amide bonds. The number of piperazine rings is 1. The molecule has 3 heterocycles. The predicted octanol–water partition coefficient (Wildman–Crippen LogP) is 2.68. The molecule has 2 aliphatic heterocycles. The monoisotopic (exact) mass is 434 g/mol. The Morgan fingerprint density at radius 2 is 1.83 bits per heavy atom. The molecule has 0 radical (unpaired) electrons. The largest absolute Gasteiger partial charge is 0.353 e. The van der Waals surface area contributed by atoms with Crippen LogP contribution in [-0.2, 0) is 14.8 Å². The Labute approximate surface area is 175 Å². The number of benzene rings is 1. The van der Waals surface area contributed by atoms with Crippen molar-refractivity contribution in [2.24, 2.45) is 0 Å². The number of rotatable bonds is 4. The molecule has 2 saturated heterocycles. The number of hydrogen-bond donors (Lipinski definition) is 0. The van der Waals surface area contributed by atoms with Crippen LogP contribution in [0, 0.1) is 6.92 Å². The number of sulfonamides is 1. The van der Waals surface area contributed by atoms with Crippen molar-refractivity contribution in [1.82, 2.24) is 9.29 Å². The lowest BCUT2D eigenvalue weighted by Crippen LogP contribution is -2.49. The highest BCUT2D eigenvalue weighted by Crippen LogP contribution is 2.29. The molecule has 0 saturated carbocycles. The molecule has 2 aromatic rings. The average Bonchev–Trinajstić information content (AvgIpc) is 3.14. The SMILES string of the molecule is Cc1cc(N2CCCC2=O)ccc1S(=O)(=O)N1CCN(c2ncccc2Cl)CC1. The first kappa shape index (κ1) is 20.1. The third-order valence-corrected chi connectivity index (χ3v) is 7.79. The van der Waals surface area contributed by atoms with Crippen LogP contribution >= 0.6 is 11.6 Å². The highest BCUT2D eigenvalue weighted by molar-refractivity contribution is 7.89. The molecule has 9 heteroatoms. The maximum Gasteiger partial charge on any atom is 0.243 e. The summed E-state index contributed by atoms with van der Waals surface area (Å²) in [5.74, 6) is 0.770. The van der Waals surface area contributed by atoms with E-state index in [4.69, 9.17) is 11.6 Å². The van der Waals surface area contributed by atoms with Crippen LogP contribution in [0.4, 0.5) is 11.5 Å². The molecule has 0 atom stereocenters. The van der Waals surface area contributed by atoms with Crippen LogP contribution < -0.4 is 9.80 Å². The number of carbonyl (C=O) groups excluding carboxylic acids is 1. The van der Waals surface area contributed by atoms with E-state index in [1.807, 2.05) is 4.90 Å². The zero-order valence-corrected chi connectivity index (χ0v) is 17.8. The van der Waals surface area contributed by atoms with Crippen LogP contribution in [0.3, 0.4) is 0 Å². The molecular formula is C20H23ClN4O3S. The summed E-state index contributed by atoms with van der Waals surface area (Å²) in [6.07, 6.45) is 3.06. The summed E-state index contributed by atoms with van der Waals surface area (Å²) in [6, 6.07) is 8.69. The molecule has 0 unspecified atom stereocenters. The van der Waals surface area contributed by atoms with Crippen molar-refractivity contribution in [2.45, 2.75) is 24.7 Å². The van der Waals surface area contributed by atoms with E-state index in [0.717, 1.165) is 12.1 Å². The molecule has 2 aliphatic rings. The van der Waals surface area contributed by atoms with Gasteiger partial charge in [0, 0.05) is 51.0 Å². The Morgan fingerprint density at radius 3 is 2.45 bits per heavy atom. The van der Waals surface area contributed by atoms with Gasteiger partial charge in [-0.2, -0.15) is 4.31 Å². The number of carbonyl (C=O) groups is 1.